The number of methoxy groups -OCH3 is 1. The van der Waals surface area contributed by atoms with Crippen LogP contribution in [0.25, 0.3) is 0 Å². The van der Waals surface area contributed by atoms with Gasteiger partial charge in [0, 0.05) is 37.0 Å². The molecule has 2 aliphatic heterocycles. The molecule has 4 rings (SSSR count). The van der Waals surface area contributed by atoms with Gasteiger partial charge >= 0.3 is 6.18 Å². The lowest BCUT2D eigenvalue weighted by Crippen LogP contribution is -2.57. The lowest BCUT2D eigenvalue weighted by molar-refractivity contribution is -0.144. The molecule has 7 nitrogen and oxygen atoms in total. The topological polar surface area (TPSA) is 72.0 Å². The van der Waals surface area contributed by atoms with Crippen LogP contribution in [0.1, 0.15) is 12.0 Å². The molecule has 1 aromatic carbocycles. The number of ether oxygens (including phenoxy) is 2. The molecule has 3 heterocycles. The number of likely N-dealkylation sites (tertiary alicyclic amines) is 1. The van der Waals surface area contributed by atoms with E-state index in [2.05, 4.69) is 4.98 Å². The fraction of sp³-hybridized carbons (Fsp3) is 0.381. The average molecular weight is 435 g/mol. The van der Waals surface area contributed by atoms with Crippen molar-refractivity contribution in [1.29, 1.82) is 0 Å². The summed E-state index contributed by atoms with van der Waals surface area (Å²) in [4.78, 5) is 32.1. The molecule has 0 N–H and O–H groups in total. The molecule has 10 heteroatoms. The molecule has 2 aromatic rings. The summed E-state index contributed by atoms with van der Waals surface area (Å²) in [5, 5.41) is 0. The predicted molar refractivity (Wildman–Crippen MR) is 104 cm³/mol. The number of carbonyl (C=O) groups is 2. The maximum atomic E-state index is 12.8. The number of anilines is 1. The van der Waals surface area contributed by atoms with E-state index >= 15 is 0 Å². The summed E-state index contributed by atoms with van der Waals surface area (Å²) in [6, 6.07) is 8.77. The van der Waals surface area contributed by atoms with Crippen LogP contribution < -0.4 is 14.4 Å². The van der Waals surface area contributed by atoms with Crippen LogP contribution in [0.5, 0.6) is 11.6 Å². The number of aromatic nitrogens is 1. The molecule has 31 heavy (non-hydrogen) atoms. The van der Waals surface area contributed by atoms with E-state index < -0.39 is 23.8 Å². The third kappa shape index (κ3) is 4.42. The summed E-state index contributed by atoms with van der Waals surface area (Å²) in [5.41, 5.74) is -0.174. The first kappa shape index (κ1) is 21.0. The minimum Gasteiger partial charge on any atom is -0.497 e. The van der Waals surface area contributed by atoms with Crippen LogP contribution in [-0.4, -0.2) is 54.5 Å². The zero-order chi connectivity index (χ0) is 22.2. The Morgan fingerprint density at radius 2 is 1.94 bits per heavy atom. The van der Waals surface area contributed by atoms with Crippen LogP contribution in [0.2, 0.25) is 0 Å². The standard InChI is InChI=1S/C21H20F3N3O4/c1-30-16-4-2-3-15(9-16)27-10-13(7-19(27)28)20(29)26-11-17(12-26)31-18-8-14(5-6-25-18)21(22,23)24/h2-6,8-9,13,17H,7,10-12H2,1H3. The van der Waals surface area contributed by atoms with Gasteiger partial charge in [-0.3, -0.25) is 9.59 Å². The highest BCUT2D eigenvalue weighted by Crippen LogP contribution is 2.32. The molecule has 164 valence electrons. The third-order valence-corrected chi connectivity index (χ3v) is 5.35. The number of amides is 2. The first-order chi connectivity index (χ1) is 14.7. The number of benzene rings is 1. The summed E-state index contributed by atoms with van der Waals surface area (Å²) in [7, 11) is 1.54. The van der Waals surface area contributed by atoms with E-state index in [1.807, 2.05) is 0 Å². The van der Waals surface area contributed by atoms with Crippen LogP contribution >= 0.6 is 0 Å². The maximum Gasteiger partial charge on any atom is 0.416 e. The van der Waals surface area contributed by atoms with Gasteiger partial charge in [0.2, 0.25) is 17.7 Å². The SMILES string of the molecule is COc1cccc(N2CC(C(=O)N3CC(Oc4cc(C(F)(F)F)ccn4)C3)CC2=O)c1. The fourth-order valence-electron chi connectivity index (χ4n) is 3.67. The number of carbonyl (C=O) groups excluding carboxylic acids is 2. The predicted octanol–water partition coefficient (Wildman–Crippen LogP) is 2.75. The lowest BCUT2D eigenvalue weighted by Gasteiger charge is -2.39. The molecule has 2 amide bonds. The monoisotopic (exact) mass is 435 g/mol. The van der Waals surface area contributed by atoms with Crippen LogP contribution in [0.15, 0.2) is 42.6 Å². The summed E-state index contributed by atoms with van der Waals surface area (Å²) >= 11 is 0. The Bertz CT molecular complexity index is 992. The molecule has 1 aromatic heterocycles. The summed E-state index contributed by atoms with van der Waals surface area (Å²) in [6.45, 7) is 0.739. The highest BCUT2D eigenvalue weighted by Gasteiger charge is 2.42. The van der Waals surface area contributed by atoms with Gasteiger partial charge in [-0.2, -0.15) is 13.2 Å². The second-order valence-electron chi connectivity index (χ2n) is 7.47. The largest absolute Gasteiger partial charge is 0.497 e. The first-order valence-corrected chi connectivity index (χ1v) is 9.67. The van der Waals surface area contributed by atoms with Crippen molar-refractivity contribution in [2.24, 2.45) is 5.92 Å². The summed E-state index contributed by atoms with van der Waals surface area (Å²) < 4.78 is 49.0. The van der Waals surface area contributed by atoms with Gasteiger partial charge in [-0.15, -0.1) is 0 Å². The van der Waals surface area contributed by atoms with Crippen LogP contribution in [-0.2, 0) is 15.8 Å². The molecule has 0 radical (unpaired) electrons. The number of nitrogens with zero attached hydrogens (tertiary/aromatic N) is 3. The maximum absolute atomic E-state index is 12.8. The quantitative estimate of drug-likeness (QED) is 0.722. The zero-order valence-electron chi connectivity index (χ0n) is 16.6. The van der Waals surface area contributed by atoms with Crippen molar-refractivity contribution in [1.82, 2.24) is 9.88 Å². The molecule has 1 unspecified atom stereocenters. The van der Waals surface area contributed by atoms with Crippen molar-refractivity contribution < 1.29 is 32.2 Å². The zero-order valence-corrected chi connectivity index (χ0v) is 16.6. The van der Waals surface area contributed by atoms with E-state index in [0.717, 1.165) is 18.3 Å². The van der Waals surface area contributed by atoms with Crippen molar-refractivity contribution in [3.8, 4) is 11.6 Å². The molecule has 0 aliphatic carbocycles. The highest BCUT2D eigenvalue weighted by molar-refractivity contribution is 6.00. The second kappa shape index (κ2) is 8.09. The van der Waals surface area contributed by atoms with Gasteiger partial charge < -0.3 is 19.3 Å². The van der Waals surface area contributed by atoms with Crippen molar-refractivity contribution >= 4 is 17.5 Å². The third-order valence-electron chi connectivity index (χ3n) is 5.35. The molecule has 0 bridgehead atoms. The van der Waals surface area contributed by atoms with E-state index in [4.69, 9.17) is 9.47 Å². The number of halogens is 3. The number of hydrogen-bond acceptors (Lipinski definition) is 5. The Labute approximate surface area is 176 Å². The van der Waals surface area contributed by atoms with E-state index in [9.17, 15) is 22.8 Å². The van der Waals surface area contributed by atoms with Crippen molar-refractivity contribution in [2.75, 3.05) is 31.6 Å². The molecule has 0 spiro atoms. The van der Waals surface area contributed by atoms with Gasteiger partial charge in [-0.1, -0.05) is 6.07 Å². The van der Waals surface area contributed by atoms with Crippen molar-refractivity contribution in [3.05, 3.63) is 48.2 Å². The highest BCUT2D eigenvalue weighted by atomic mass is 19.4. The Hall–Kier alpha value is -3.30. The Kier molecular flexibility index (Phi) is 5.47. The smallest absolute Gasteiger partial charge is 0.416 e. The average Bonchev–Trinajstić information content (AvgIpc) is 3.11. The van der Waals surface area contributed by atoms with E-state index in [0.29, 0.717) is 11.4 Å². The number of alkyl halides is 3. The van der Waals surface area contributed by atoms with E-state index in [1.165, 1.54) is 7.11 Å². The molecule has 2 aliphatic rings. The summed E-state index contributed by atoms with van der Waals surface area (Å²) in [6.07, 6.45) is -3.78. The van der Waals surface area contributed by atoms with Gasteiger partial charge in [0.15, 0.2) is 0 Å². The number of rotatable bonds is 5. The Morgan fingerprint density at radius 1 is 1.16 bits per heavy atom. The second-order valence-corrected chi connectivity index (χ2v) is 7.47. The minimum absolute atomic E-state index is 0.104. The Morgan fingerprint density at radius 3 is 2.65 bits per heavy atom. The molecule has 0 saturated carbocycles. The van der Waals surface area contributed by atoms with Crippen molar-refractivity contribution in [3.63, 3.8) is 0 Å². The van der Waals surface area contributed by atoms with Crippen molar-refractivity contribution in [2.45, 2.75) is 18.7 Å². The van der Waals surface area contributed by atoms with Gasteiger partial charge in [0.05, 0.1) is 31.7 Å². The number of pyridine rings is 1. The Balaban J connectivity index is 1.32. The van der Waals surface area contributed by atoms with Crippen LogP contribution in [0, 0.1) is 5.92 Å². The number of hydrogen-bond donors (Lipinski definition) is 0. The molecule has 2 fully saturated rings. The molecule has 1 atom stereocenters. The molecular weight excluding hydrogens is 415 g/mol. The van der Waals surface area contributed by atoms with Gasteiger partial charge in [-0.25, -0.2) is 4.98 Å². The van der Waals surface area contributed by atoms with E-state index in [1.54, 1.807) is 34.1 Å². The molecule has 2 saturated heterocycles. The molecular formula is C21H20F3N3O4. The van der Waals surface area contributed by atoms with Gasteiger partial charge in [-0.05, 0) is 18.2 Å². The first-order valence-electron chi connectivity index (χ1n) is 9.67. The van der Waals surface area contributed by atoms with E-state index in [-0.39, 0.29) is 43.7 Å². The summed E-state index contributed by atoms with van der Waals surface area (Å²) in [5.74, 6) is -0.312. The van der Waals surface area contributed by atoms with Gasteiger partial charge in [0.25, 0.3) is 0 Å². The lowest BCUT2D eigenvalue weighted by atomic mass is 10.0. The minimum atomic E-state index is -4.48. The fourth-order valence-corrected chi connectivity index (χ4v) is 3.67. The van der Waals surface area contributed by atoms with Gasteiger partial charge in [0.1, 0.15) is 11.9 Å². The normalized spacial score (nSPS) is 19.4. The van der Waals surface area contributed by atoms with Crippen LogP contribution in [0.3, 0.4) is 0 Å². The van der Waals surface area contributed by atoms with Crippen LogP contribution in [0.4, 0.5) is 18.9 Å².